The Morgan fingerprint density at radius 2 is 1.80 bits per heavy atom. The third kappa shape index (κ3) is 4.24. The van der Waals surface area contributed by atoms with Gasteiger partial charge in [-0.15, -0.1) is 11.8 Å². The van der Waals surface area contributed by atoms with Gasteiger partial charge >= 0.3 is 0 Å². The predicted octanol–water partition coefficient (Wildman–Crippen LogP) is 4.62. The molecule has 0 aromatic heterocycles. The number of allylic oxidation sites excluding steroid dienone is 1. The van der Waals surface area contributed by atoms with Crippen LogP contribution in [0.1, 0.15) is 18.1 Å². The average Bonchev–Trinajstić information content (AvgIpc) is 2.47. The van der Waals surface area contributed by atoms with Gasteiger partial charge in [0.2, 0.25) is 5.70 Å². The first kappa shape index (κ1) is 14.3. The Hall–Kier alpha value is -2.07. The van der Waals surface area contributed by atoms with Gasteiger partial charge in [-0.1, -0.05) is 42.5 Å². The van der Waals surface area contributed by atoms with E-state index >= 15 is 0 Å². The highest BCUT2D eigenvalue weighted by Crippen LogP contribution is 2.23. The van der Waals surface area contributed by atoms with Crippen LogP contribution in [0.2, 0.25) is 0 Å². The van der Waals surface area contributed by atoms with Crippen molar-refractivity contribution in [2.75, 3.05) is 0 Å². The van der Waals surface area contributed by atoms with E-state index in [1.807, 2.05) is 42.5 Å². The molecule has 4 heteroatoms. The highest BCUT2D eigenvalue weighted by Gasteiger charge is 2.02. The molecule has 0 aliphatic carbocycles. The molecule has 2 aromatic carbocycles. The van der Waals surface area contributed by atoms with Crippen LogP contribution in [-0.2, 0) is 5.75 Å². The van der Waals surface area contributed by atoms with Crippen molar-refractivity contribution >= 4 is 17.8 Å². The first-order chi connectivity index (χ1) is 9.65. The third-order valence-corrected chi connectivity index (χ3v) is 3.88. The Balaban J connectivity index is 1.98. The molecule has 2 aromatic rings. The van der Waals surface area contributed by atoms with Gasteiger partial charge in [0.05, 0.1) is 4.92 Å². The van der Waals surface area contributed by atoms with Gasteiger partial charge in [-0.2, -0.15) is 0 Å². The smallest absolute Gasteiger partial charge is 0.243 e. The number of hydrogen-bond donors (Lipinski definition) is 0. The van der Waals surface area contributed by atoms with Gasteiger partial charge in [-0.25, -0.2) is 0 Å². The minimum absolute atomic E-state index is 0.148. The number of nitrogens with zero attached hydrogens (tertiary/aromatic N) is 1. The van der Waals surface area contributed by atoms with Crippen LogP contribution in [-0.4, -0.2) is 4.92 Å². The summed E-state index contributed by atoms with van der Waals surface area (Å²) >= 11 is 1.75. The number of hydrogen-bond acceptors (Lipinski definition) is 3. The van der Waals surface area contributed by atoms with E-state index in [9.17, 15) is 10.1 Å². The van der Waals surface area contributed by atoms with Crippen molar-refractivity contribution in [1.29, 1.82) is 0 Å². The topological polar surface area (TPSA) is 43.1 Å². The van der Waals surface area contributed by atoms with Crippen molar-refractivity contribution in [1.82, 2.24) is 0 Å². The van der Waals surface area contributed by atoms with E-state index in [1.54, 1.807) is 17.8 Å². The van der Waals surface area contributed by atoms with Crippen LogP contribution in [0.5, 0.6) is 0 Å². The molecular weight excluding hydrogens is 270 g/mol. The van der Waals surface area contributed by atoms with Gasteiger partial charge in [0, 0.05) is 23.6 Å². The van der Waals surface area contributed by atoms with Crippen molar-refractivity contribution in [3.05, 3.63) is 81.5 Å². The fourth-order valence-corrected chi connectivity index (χ4v) is 2.55. The van der Waals surface area contributed by atoms with Crippen molar-refractivity contribution in [3.8, 4) is 0 Å². The van der Waals surface area contributed by atoms with Gasteiger partial charge in [-0.05, 0) is 23.3 Å². The maximum absolute atomic E-state index is 10.6. The molecule has 0 saturated heterocycles. The largest absolute Gasteiger partial charge is 0.259 e. The van der Waals surface area contributed by atoms with E-state index in [1.165, 1.54) is 12.5 Å². The van der Waals surface area contributed by atoms with Gasteiger partial charge in [-0.3, -0.25) is 10.1 Å². The lowest BCUT2D eigenvalue weighted by Crippen LogP contribution is -1.92. The van der Waals surface area contributed by atoms with Crippen LogP contribution in [0, 0.1) is 10.1 Å². The number of thioether (sulfide) groups is 1. The molecule has 0 radical (unpaired) electrons. The minimum atomic E-state index is -0.377. The summed E-state index contributed by atoms with van der Waals surface area (Å²) in [5, 5.41) is 10.6. The van der Waals surface area contributed by atoms with E-state index in [0.717, 1.165) is 16.2 Å². The van der Waals surface area contributed by atoms with Gasteiger partial charge in [0.15, 0.2) is 0 Å². The molecule has 0 heterocycles. The molecule has 0 atom stereocenters. The molecule has 0 saturated carbocycles. The monoisotopic (exact) mass is 285 g/mol. The molecule has 0 amide bonds. The zero-order valence-electron chi connectivity index (χ0n) is 11.2. The van der Waals surface area contributed by atoms with E-state index in [0.29, 0.717) is 0 Å². The second-order valence-electron chi connectivity index (χ2n) is 4.39. The number of nitro groups is 1. The summed E-state index contributed by atoms with van der Waals surface area (Å²) in [7, 11) is 0. The molecule has 0 N–H and O–H groups in total. The lowest BCUT2D eigenvalue weighted by atomic mass is 10.2. The molecule has 0 aliphatic heterocycles. The van der Waals surface area contributed by atoms with E-state index in [4.69, 9.17) is 0 Å². The number of benzene rings is 2. The lowest BCUT2D eigenvalue weighted by molar-refractivity contribution is -0.422. The molecule has 2 rings (SSSR count). The summed E-state index contributed by atoms with van der Waals surface area (Å²) in [6.45, 7) is 1.50. The zero-order chi connectivity index (χ0) is 14.4. The maximum atomic E-state index is 10.6. The Bertz CT molecular complexity index is 606. The average molecular weight is 285 g/mol. The second kappa shape index (κ2) is 6.91. The van der Waals surface area contributed by atoms with Crippen LogP contribution in [0.3, 0.4) is 0 Å². The summed E-state index contributed by atoms with van der Waals surface area (Å²) < 4.78 is 0. The molecule has 0 spiro atoms. The summed E-state index contributed by atoms with van der Waals surface area (Å²) in [5.74, 6) is 0.921. The van der Waals surface area contributed by atoms with Crippen molar-refractivity contribution in [2.24, 2.45) is 0 Å². The van der Waals surface area contributed by atoms with Crippen LogP contribution in [0.4, 0.5) is 0 Å². The molecule has 102 valence electrons. The Morgan fingerprint density at radius 1 is 1.15 bits per heavy atom. The SMILES string of the molecule is C/C(=C\c1ccc(SCc2ccccc2)cc1)[N+](=O)[O-]. The Kier molecular flexibility index (Phi) is 4.96. The molecule has 20 heavy (non-hydrogen) atoms. The highest BCUT2D eigenvalue weighted by molar-refractivity contribution is 7.98. The van der Waals surface area contributed by atoms with Crippen molar-refractivity contribution in [3.63, 3.8) is 0 Å². The molecule has 0 fully saturated rings. The van der Waals surface area contributed by atoms with Crippen molar-refractivity contribution in [2.45, 2.75) is 17.6 Å². The zero-order valence-corrected chi connectivity index (χ0v) is 12.0. The second-order valence-corrected chi connectivity index (χ2v) is 5.43. The molecule has 0 unspecified atom stereocenters. The summed E-state index contributed by atoms with van der Waals surface area (Å²) in [6.07, 6.45) is 1.58. The first-order valence-electron chi connectivity index (χ1n) is 6.24. The fraction of sp³-hybridized carbons (Fsp3) is 0.125. The summed E-state index contributed by atoms with van der Waals surface area (Å²) in [5.41, 5.74) is 2.28. The van der Waals surface area contributed by atoms with Crippen LogP contribution in [0.15, 0.2) is 65.2 Å². The van der Waals surface area contributed by atoms with Crippen LogP contribution >= 0.6 is 11.8 Å². The quantitative estimate of drug-likeness (QED) is 0.457. The first-order valence-corrected chi connectivity index (χ1v) is 7.23. The Labute approximate surface area is 122 Å². The number of rotatable bonds is 5. The van der Waals surface area contributed by atoms with Crippen molar-refractivity contribution < 1.29 is 4.92 Å². The van der Waals surface area contributed by atoms with E-state index in [2.05, 4.69) is 12.1 Å². The fourth-order valence-electron chi connectivity index (χ4n) is 1.70. The highest BCUT2D eigenvalue weighted by atomic mass is 32.2. The normalized spacial score (nSPS) is 11.3. The lowest BCUT2D eigenvalue weighted by Gasteiger charge is -2.02. The van der Waals surface area contributed by atoms with Gasteiger partial charge in [0.1, 0.15) is 0 Å². The third-order valence-electron chi connectivity index (χ3n) is 2.79. The molecule has 0 bridgehead atoms. The molecule has 3 nitrogen and oxygen atoms in total. The van der Waals surface area contributed by atoms with Gasteiger partial charge in [0.25, 0.3) is 0 Å². The van der Waals surface area contributed by atoms with Gasteiger partial charge < -0.3 is 0 Å². The standard InChI is InChI=1S/C16H15NO2S/c1-13(17(18)19)11-14-7-9-16(10-8-14)20-12-15-5-3-2-4-6-15/h2-11H,12H2,1H3/b13-11+. The molecule has 0 aliphatic rings. The Morgan fingerprint density at radius 3 is 2.40 bits per heavy atom. The van der Waals surface area contributed by atoms with E-state index < -0.39 is 0 Å². The summed E-state index contributed by atoms with van der Waals surface area (Å²) in [4.78, 5) is 11.3. The van der Waals surface area contributed by atoms with Crippen LogP contribution < -0.4 is 0 Å². The van der Waals surface area contributed by atoms with Crippen LogP contribution in [0.25, 0.3) is 6.08 Å². The van der Waals surface area contributed by atoms with E-state index in [-0.39, 0.29) is 10.6 Å². The maximum Gasteiger partial charge on any atom is 0.243 e. The molecular formula is C16H15NO2S. The predicted molar refractivity (Wildman–Crippen MR) is 83.1 cm³/mol. The minimum Gasteiger partial charge on any atom is -0.259 e. The summed E-state index contributed by atoms with van der Waals surface area (Å²) in [6, 6.07) is 18.1.